The average molecular weight is 342 g/mol. The third-order valence-corrected chi connectivity index (χ3v) is 5.24. The summed E-state index contributed by atoms with van der Waals surface area (Å²) < 4.78 is 2.25. The summed E-state index contributed by atoms with van der Waals surface area (Å²) in [4.78, 5) is 24.1. The molecule has 0 N–H and O–H groups in total. The molecule has 0 radical (unpaired) electrons. The fourth-order valence-corrected chi connectivity index (χ4v) is 4.18. The van der Waals surface area contributed by atoms with Crippen molar-refractivity contribution in [3.63, 3.8) is 0 Å². The number of hydrogen-bond donors (Lipinski definition) is 0. The largest absolute Gasteiger partial charge is 0.338 e. The van der Waals surface area contributed by atoms with Crippen LogP contribution in [0.2, 0.25) is 0 Å². The molecule has 5 heteroatoms. The number of likely N-dealkylation sites (N-methyl/N-ethyl adjacent to an activating group) is 1. The molecule has 2 aromatic rings. The van der Waals surface area contributed by atoms with Crippen molar-refractivity contribution in [2.24, 2.45) is 0 Å². The molecule has 0 unspecified atom stereocenters. The van der Waals surface area contributed by atoms with Crippen LogP contribution in [0.25, 0.3) is 11.0 Å². The minimum absolute atomic E-state index is 0.258. The van der Waals surface area contributed by atoms with Gasteiger partial charge in [0.05, 0.1) is 6.54 Å². The lowest BCUT2D eigenvalue weighted by Gasteiger charge is -2.44. The highest BCUT2D eigenvalue weighted by atomic mass is 16.2. The molecule has 1 aliphatic heterocycles. The zero-order valence-electron chi connectivity index (χ0n) is 16.0. The van der Waals surface area contributed by atoms with Crippen molar-refractivity contribution < 1.29 is 4.79 Å². The summed E-state index contributed by atoms with van der Waals surface area (Å²) in [6, 6.07) is 2.16. The number of amides is 1. The lowest BCUT2D eigenvalue weighted by Crippen LogP contribution is -2.54. The Morgan fingerprint density at radius 2 is 1.84 bits per heavy atom. The normalized spacial score (nSPS) is 18.9. The molecule has 2 aromatic heterocycles. The van der Waals surface area contributed by atoms with Gasteiger partial charge in [-0.25, -0.2) is 9.97 Å². The van der Waals surface area contributed by atoms with E-state index in [2.05, 4.69) is 36.4 Å². The summed E-state index contributed by atoms with van der Waals surface area (Å²) in [5.41, 5.74) is 1.73. The fourth-order valence-electron chi connectivity index (χ4n) is 4.18. The second-order valence-electron chi connectivity index (χ2n) is 7.35. The molecule has 0 aromatic carbocycles. The number of fused-ring (bicyclic) bond motifs is 4. The van der Waals surface area contributed by atoms with Gasteiger partial charge in [-0.3, -0.25) is 4.79 Å². The lowest BCUT2D eigenvalue weighted by molar-refractivity contribution is -0.144. The molecule has 0 saturated heterocycles. The Kier molecular flexibility index (Phi) is 5.11. The Morgan fingerprint density at radius 3 is 2.48 bits per heavy atom. The Labute approximate surface area is 150 Å². The first-order chi connectivity index (χ1) is 12.1. The van der Waals surface area contributed by atoms with Gasteiger partial charge in [-0.15, -0.1) is 0 Å². The van der Waals surface area contributed by atoms with Crippen LogP contribution in [-0.4, -0.2) is 32.4 Å². The van der Waals surface area contributed by atoms with Gasteiger partial charge in [-0.1, -0.05) is 46.5 Å². The maximum Gasteiger partial charge on any atom is 0.248 e. The molecule has 1 saturated carbocycles. The van der Waals surface area contributed by atoms with E-state index in [4.69, 9.17) is 4.98 Å². The highest BCUT2D eigenvalue weighted by molar-refractivity contribution is 5.89. The number of carbonyl (C=O) groups is 1. The maximum atomic E-state index is 13.0. The minimum atomic E-state index is -0.415. The predicted octanol–water partition coefficient (Wildman–Crippen LogP) is 4.04. The minimum Gasteiger partial charge on any atom is -0.338 e. The summed E-state index contributed by atoms with van der Waals surface area (Å²) in [7, 11) is 1.92. The molecule has 3 heterocycles. The van der Waals surface area contributed by atoms with Crippen molar-refractivity contribution in [1.82, 2.24) is 19.4 Å². The van der Waals surface area contributed by atoms with E-state index in [1.165, 1.54) is 18.5 Å². The molecule has 5 nitrogen and oxygen atoms in total. The predicted molar refractivity (Wildman–Crippen MR) is 100 cm³/mol. The van der Waals surface area contributed by atoms with Crippen LogP contribution in [0, 0.1) is 0 Å². The molecule has 1 spiro atoms. The van der Waals surface area contributed by atoms with Crippen LogP contribution in [0.3, 0.4) is 0 Å². The Balaban J connectivity index is 0.000000569. The molecule has 1 amide bonds. The van der Waals surface area contributed by atoms with Crippen LogP contribution in [0.15, 0.2) is 12.3 Å². The second kappa shape index (κ2) is 7.14. The van der Waals surface area contributed by atoms with E-state index in [9.17, 15) is 4.79 Å². The molecular formula is C20H30N4O. The first kappa shape index (κ1) is 17.9. The van der Waals surface area contributed by atoms with Gasteiger partial charge < -0.3 is 9.47 Å². The summed E-state index contributed by atoms with van der Waals surface area (Å²) in [5, 5.41) is 1.06. The van der Waals surface area contributed by atoms with E-state index in [-0.39, 0.29) is 5.91 Å². The van der Waals surface area contributed by atoms with E-state index < -0.39 is 5.54 Å². The van der Waals surface area contributed by atoms with Gasteiger partial charge in [0.15, 0.2) is 0 Å². The van der Waals surface area contributed by atoms with Crippen LogP contribution >= 0.6 is 0 Å². The van der Waals surface area contributed by atoms with Gasteiger partial charge in [0.25, 0.3) is 0 Å². The van der Waals surface area contributed by atoms with E-state index in [0.717, 1.165) is 49.0 Å². The molecule has 1 aliphatic carbocycles. The van der Waals surface area contributed by atoms with Gasteiger partial charge in [0, 0.05) is 30.7 Å². The van der Waals surface area contributed by atoms with Gasteiger partial charge in [0.2, 0.25) is 5.91 Å². The van der Waals surface area contributed by atoms with E-state index in [1.54, 1.807) is 0 Å². The third-order valence-electron chi connectivity index (χ3n) is 5.24. The molecule has 0 bridgehead atoms. The molecule has 4 rings (SSSR count). The van der Waals surface area contributed by atoms with Gasteiger partial charge >= 0.3 is 0 Å². The summed E-state index contributed by atoms with van der Waals surface area (Å²) >= 11 is 0. The Bertz CT molecular complexity index is 758. The van der Waals surface area contributed by atoms with Crippen molar-refractivity contribution in [3.05, 3.63) is 23.8 Å². The average Bonchev–Trinajstić information content (AvgIpc) is 2.99. The molecular weight excluding hydrogens is 312 g/mol. The first-order valence-electron chi connectivity index (χ1n) is 9.69. The molecule has 136 valence electrons. The zero-order chi connectivity index (χ0) is 18.0. The summed E-state index contributed by atoms with van der Waals surface area (Å²) in [6.45, 7) is 6.98. The van der Waals surface area contributed by atoms with Gasteiger partial charge in [-0.2, -0.15) is 0 Å². The van der Waals surface area contributed by atoms with E-state index >= 15 is 0 Å². The maximum absolute atomic E-state index is 13.0. The van der Waals surface area contributed by atoms with Crippen molar-refractivity contribution in [2.45, 2.75) is 77.8 Å². The van der Waals surface area contributed by atoms with Crippen LogP contribution < -0.4 is 0 Å². The van der Waals surface area contributed by atoms with Crippen molar-refractivity contribution >= 4 is 16.9 Å². The first-order valence-corrected chi connectivity index (χ1v) is 9.69. The second-order valence-corrected chi connectivity index (χ2v) is 7.35. The zero-order valence-corrected chi connectivity index (χ0v) is 16.0. The monoisotopic (exact) mass is 342 g/mol. The van der Waals surface area contributed by atoms with Crippen LogP contribution in [0.1, 0.15) is 70.8 Å². The molecule has 25 heavy (non-hydrogen) atoms. The van der Waals surface area contributed by atoms with Crippen LogP contribution in [0.5, 0.6) is 0 Å². The molecule has 0 atom stereocenters. The lowest BCUT2D eigenvalue weighted by atomic mass is 9.79. The number of aromatic nitrogens is 3. The number of nitrogens with zero attached hydrogens (tertiary/aromatic N) is 4. The SMILES string of the molecule is CCC.CCc1ncc2cc3n(c2n1)C1(CCCCC1)C(=O)N(C)C3. The quantitative estimate of drug-likeness (QED) is 0.786. The summed E-state index contributed by atoms with van der Waals surface area (Å²) in [5.74, 6) is 1.11. The summed E-state index contributed by atoms with van der Waals surface area (Å²) in [6.07, 6.45) is 9.29. The van der Waals surface area contributed by atoms with Gasteiger partial charge in [0.1, 0.15) is 17.0 Å². The molecule has 1 fully saturated rings. The topological polar surface area (TPSA) is 51.0 Å². The highest BCUT2D eigenvalue weighted by Gasteiger charge is 2.47. The standard InChI is InChI=1S/C17H22N4O.C3H8/c1-3-14-18-10-12-9-13-11-20(2)16(22)17(7-5-4-6-8-17)21(13)15(12)19-14;1-3-2/h9-10H,3-8,11H2,1-2H3;3H2,1-2H3. The van der Waals surface area contributed by atoms with E-state index in [0.29, 0.717) is 6.54 Å². The number of rotatable bonds is 1. The smallest absolute Gasteiger partial charge is 0.248 e. The number of hydrogen-bond acceptors (Lipinski definition) is 3. The van der Waals surface area contributed by atoms with Gasteiger partial charge in [-0.05, 0) is 18.9 Å². The molecule has 2 aliphatic rings. The van der Waals surface area contributed by atoms with Crippen molar-refractivity contribution in [3.8, 4) is 0 Å². The Hall–Kier alpha value is -1.91. The number of aryl methyl sites for hydroxylation is 1. The van der Waals surface area contributed by atoms with Crippen molar-refractivity contribution in [2.75, 3.05) is 7.05 Å². The number of carbonyl (C=O) groups excluding carboxylic acids is 1. The Morgan fingerprint density at radius 1 is 1.16 bits per heavy atom. The van der Waals surface area contributed by atoms with E-state index in [1.807, 2.05) is 18.1 Å². The third kappa shape index (κ3) is 2.94. The van der Waals surface area contributed by atoms with Crippen LogP contribution in [0.4, 0.5) is 0 Å². The van der Waals surface area contributed by atoms with Crippen molar-refractivity contribution in [1.29, 1.82) is 0 Å². The highest BCUT2D eigenvalue weighted by Crippen LogP contribution is 2.42. The fraction of sp³-hybridized carbons (Fsp3) is 0.650. The van der Waals surface area contributed by atoms with Crippen LogP contribution in [-0.2, 0) is 23.3 Å².